The molecule has 3 rings (SSSR count). The van der Waals surface area contributed by atoms with E-state index in [4.69, 9.17) is 5.73 Å². The van der Waals surface area contributed by atoms with Gasteiger partial charge in [0.1, 0.15) is 5.82 Å². The smallest absolute Gasteiger partial charge is 0.266 e. The minimum absolute atomic E-state index is 0.187. The van der Waals surface area contributed by atoms with Crippen molar-refractivity contribution >= 4 is 38.8 Å². The fourth-order valence-corrected chi connectivity index (χ4v) is 2.77. The molecule has 0 aliphatic rings. The van der Waals surface area contributed by atoms with Gasteiger partial charge in [-0.3, -0.25) is 4.79 Å². The van der Waals surface area contributed by atoms with Crippen LogP contribution in [0.2, 0.25) is 0 Å². The number of fused-ring (bicyclic) bond motifs is 1. The Bertz CT molecular complexity index is 800. The number of nitrogens with two attached hydrogens (primary N) is 1. The van der Waals surface area contributed by atoms with E-state index < -0.39 is 5.95 Å². The van der Waals surface area contributed by atoms with Crippen LogP contribution in [0.15, 0.2) is 42.5 Å². The van der Waals surface area contributed by atoms with Crippen molar-refractivity contribution in [1.29, 1.82) is 0 Å². The van der Waals surface area contributed by atoms with Crippen LogP contribution in [0.5, 0.6) is 0 Å². The van der Waals surface area contributed by atoms with Gasteiger partial charge in [-0.05, 0) is 41.8 Å². The molecule has 0 radical (unpaired) electrons. The van der Waals surface area contributed by atoms with E-state index in [0.717, 1.165) is 10.1 Å². The van der Waals surface area contributed by atoms with Crippen LogP contribution in [0.4, 0.5) is 15.9 Å². The molecule has 1 amide bonds. The van der Waals surface area contributed by atoms with Gasteiger partial charge >= 0.3 is 0 Å². The molecule has 0 bridgehead atoms. The molecule has 2 heterocycles. The maximum absolute atomic E-state index is 13.0. The summed E-state index contributed by atoms with van der Waals surface area (Å²) in [6, 6.07) is 11.5. The molecule has 0 aliphatic carbocycles. The number of benzene rings is 1. The Morgan fingerprint density at radius 1 is 1.25 bits per heavy atom. The summed E-state index contributed by atoms with van der Waals surface area (Å²) in [6.45, 7) is 0. The Morgan fingerprint density at radius 2 is 2.10 bits per heavy atom. The molecule has 2 aromatic heterocycles. The average molecular weight is 287 g/mol. The van der Waals surface area contributed by atoms with E-state index in [2.05, 4.69) is 10.3 Å². The summed E-state index contributed by atoms with van der Waals surface area (Å²) < 4.78 is 13.9. The lowest BCUT2D eigenvalue weighted by Gasteiger charge is -2.01. The second-order valence-electron chi connectivity index (χ2n) is 4.21. The first-order chi connectivity index (χ1) is 9.61. The van der Waals surface area contributed by atoms with Gasteiger partial charge < -0.3 is 11.1 Å². The fraction of sp³-hybridized carbons (Fsp3) is 0. The van der Waals surface area contributed by atoms with Crippen LogP contribution in [0.3, 0.4) is 0 Å². The highest BCUT2D eigenvalue weighted by Crippen LogP contribution is 2.27. The Hall–Kier alpha value is -2.47. The number of thiophene rings is 1. The minimum Gasteiger partial charge on any atom is -0.399 e. The molecule has 3 N–H and O–H groups in total. The molecule has 100 valence electrons. The quantitative estimate of drug-likeness (QED) is 0.561. The van der Waals surface area contributed by atoms with Gasteiger partial charge in [0.2, 0.25) is 5.95 Å². The molecule has 3 aromatic rings. The Balaban J connectivity index is 1.88. The van der Waals surface area contributed by atoms with Crippen LogP contribution < -0.4 is 11.1 Å². The molecule has 0 aliphatic heterocycles. The normalized spacial score (nSPS) is 10.7. The largest absolute Gasteiger partial charge is 0.399 e. The third-order valence-corrected chi connectivity index (χ3v) is 3.84. The molecule has 0 unspecified atom stereocenters. The zero-order valence-electron chi connectivity index (χ0n) is 10.3. The highest BCUT2D eigenvalue weighted by molar-refractivity contribution is 7.20. The number of nitrogens with zero attached hydrogens (tertiary/aromatic N) is 1. The molecule has 0 saturated heterocycles. The second kappa shape index (κ2) is 4.90. The lowest BCUT2D eigenvalue weighted by atomic mass is 10.2. The monoisotopic (exact) mass is 287 g/mol. The van der Waals surface area contributed by atoms with Gasteiger partial charge in [0, 0.05) is 10.4 Å². The van der Waals surface area contributed by atoms with Crippen molar-refractivity contribution in [3.63, 3.8) is 0 Å². The number of nitrogen functional groups attached to an aromatic ring is 1. The highest BCUT2D eigenvalue weighted by Gasteiger charge is 2.11. The average Bonchev–Trinajstić information content (AvgIpc) is 2.81. The summed E-state index contributed by atoms with van der Waals surface area (Å²) in [7, 11) is 0. The predicted octanol–water partition coefficient (Wildman–Crippen LogP) is 3.27. The summed E-state index contributed by atoms with van der Waals surface area (Å²) in [4.78, 5) is 16.2. The number of amides is 1. The summed E-state index contributed by atoms with van der Waals surface area (Å²) >= 11 is 1.35. The molecule has 0 fully saturated rings. The first-order valence-electron chi connectivity index (χ1n) is 5.85. The van der Waals surface area contributed by atoms with Crippen molar-refractivity contribution in [2.45, 2.75) is 0 Å². The first-order valence-corrected chi connectivity index (χ1v) is 6.66. The number of nitrogens with one attached hydrogen (secondary N) is 1. The topological polar surface area (TPSA) is 68.0 Å². The summed E-state index contributed by atoms with van der Waals surface area (Å²) in [5, 5.41) is 3.47. The molecule has 0 spiro atoms. The van der Waals surface area contributed by atoms with Gasteiger partial charge in [0.25, 0.3) is 5.91 Å². The maximum atomic E-state index is 13.0. The Morgan fingerprint density at radius 3 is 2.90 bits per heavy atom. The molecule has 1 aromatic carbocycles. The van der Waals surface area contributed by atoms with Gasteiger partial charge in [-0.15, -0.1) is 11.3 Å². The molecule has 20 heavy (non-hydrogen) atoms. The van der Waals surface area contributed by atoms with E-state index in [-0.39, 0.29) is 11.7 Å². The zero-order chi connectivity index (χ0) is 14.1. The standard InChI is InChI=1S/C14H10FN3OS/c15-12-2-1-3-13(17-12)18-14(19)11-7-8-6-9(16)4-5-10(8)20-11/h1-7H,16H2,(H,17,18,19). The molecule has 0 atom stereocenters. The van der Waals surface area contributed by atoms with Crippen LogP contribution in [0.1, 0.15) is 9.67 Å². The lowest BCUT2D eigenvalue weighted by Crippen LogP contribution is -2.11. The van der Waals surface area contributed by atoms with Gasteiger partial charge in [-0.2, -0.15) is 4.39 Å². The third-order valence-electron chi connectivity index (χ3n) is 2.72. The Labute approximate surface area is 118 Å². The predicted molar refractivity (Wildman–Crippen MR) is 78.4 cm³/mol. The van der Waals surface area contributed by atoms with E-state index in [1.165, 1.54) is 29.5 Å². The van der Waals surface area contributed by atoms with Crippen LogP contribution in [-0.4, -0.2) is 10.9 Å². The molecular formula is C14H10FN3OS. The van der Waals surface area contributed by atoms with Crippen molar-refractivity contribution in [3.8, 4) is 0 Å². The number of hydrogen-bond acceptors (Lipinski definition) is 4. The molecular weight excluding hydrogens is 277 g/mol. The first kappa shape index (κ1) is 12.6. The summed E-state index contributed by atoms with van der Waals surface area (Å²) in [6.07, 6.45) is 0. The fourth-order valence-electron chi connectivity index (χ4n) is 1.83. The van der Waals surface area contributed by atoms with Crippen LogP contribution >= 0.6 is 11.3 Å². The minimum atomic E-state index is -0.632. The van der Waals surface area contributed by atoms with Crippen molar-refractivity contribution in [2.24, 2.45) is 0 Å². The number of anilines is 2. The number of carbonyl (C=O) groups is 1. The summed E-state index contributed by atoms with van der Waals surface area (Å²) in [5.41, 5.74) is 6.35. The van der Waals surface area contributed by atoms with Gasteiger partial charge in [-0.1, -0.05) is 6.07 Å². The van der Waals surface area contributed by atoms with Crippen LogP contribution in [-0.2, 0) is 0 Å². The molecule has 0 saturated carbocycles. The molecule has 4 nitrogen and oxygen atoms in total. The summed E-state index contributed by atoms with van der Waals surface area (Å²) in [5.74, 6) is -0.762. The number of carbonyl (C=O) groups excluding carboxylic acids is 1. The highest BCUT2D eigenvalue weighted by atomic mass is 32.1. The van der Waals surface area contributed by atoms with E-state index in [1.807, 2.05) is 12.1 Å². The molecule has 6 heteroatoms. The number of aromatic nitrogens is 1. The van der Waals surface area contributed by atoms with Gasteiger partial charge in [0.15, 0.2) is 0 Å². The van der Waals surface area contributed by atoms with E-state index >= 15 is 0 Å². The van der Waals surface area contributed by atoms with Gasteiger partial charge in [0.05, 0.1) is 4.88 Å². The van der Waals surface area contributed by atoms with Crippen molar-refractivity contribution < 1.29 is 9.18 Å². The van der Waals surface area contributed by atoms with E-state index in [1.54, 1.807) is 12.1 Å². The van der Waals surface area contributed by atoms with Gasteiger partial charge in [-0.25, -0.2) is 4.98 Å². The third kappa shape index (κ3) is 2.46. The maximum Gasteiger partial charge on any atom is 0.266 e. The number of halogens is 1. The zero-order valence-corrected chi connectivity index (χ0v) is 11.1. The van der Waals surface area contributed by atoms with Crippen molar-refractivity contribution in [1.82, 2.24) is 4.98 Å². The van der Waals surface area contributed by atoms with Crippen LogP contribution in [0, 0.1) is 5.95 Å². The SMILES string of the molecule is Nc1ccc2sc(C(=O)Nc3cccc(F)n3)cc2c1. The number of pyridine rings is 1. The second-order valence-corrected chi connectivity index (χ2v) is 5.29. The van der Waals surface area contributed by atoms with Crippen LogP contribution in [0.25, 0.3) is 10.1 Å². The van der Waals surface area contributed by atoms with E-state index in [9.17, 15) is 9.18 Å². The van der Waals surface area contributed by atoms with E-state index in [0.29, 0.717) is 10.6 Å². The Kier molecular flexibility index (Phi) is 3.08. The number of rotatable bonds is 2. The number of hydrogen-bond donors (Lipinski definition) is 2. The van der Waals surface area contributed by atoms with Crippen molar-refractivity contribution in [3.05, 3.63) is 53.3 Å². The van der Waals surface area contributed by atoms with Crippen molar-refractivity contribution in [2.75, 3.05) is 11.1 Å². The lowest BCUT2D eigenvalue weighted by molar-refractivity contribution is 0.103.